The summed E-state index contributed by atoms with van der Waals surface area (Å²) >= 11 is 0. The number of hydrogen-bond acceptors (Lipinski definition) is 3. The van der Waals surface area contributed by atoms with Crippen LogP contribution in [0.25, 0.3) is 0 Å². The molecular weight excluding hydrogens is 324 g/mol. The highest BCUT2D eigenvalue weighted by molar-refractivity contribution is 5.63. The molecule has 0 radical (unpaired) electrons. The van der Waals surface area contributed by atoms with E-state index in [-0.39, 0.29) is 0 Å². The molecule has 0 fully saturated rings. The molecular formula is C23H38O3. The van der Waals surface area contributed by atoms with Gasteiger partial charge >= 0.3 is 6.16 Å². The number of hydrogen-bond donors (Lipinski definition) is 0. The highest BCUT2D eigenvalue weighted by Gasteiger charge is 2.06. The Bertz CT molecular complexity index is 465. The topological polar surface area (TPSA) is 35.5 Å². The third-order valence-corrected chi connectivity index (χ3v) is 4.72. The first-order valence-corrected chi connectivity index (χ1v) is 10.6. The Balaban J connectivity index is 1.95. The minimum atomic E-state index is -0.602. The van der Waals surface area contributed by atoms with Gasteiger partial charge in [0.25, 0.3) is 0 Å². The first kappa shape index (κ1) is 22.5. The predicted molar refractivity (Wildman–Crippen MR) is 109 cm³/mol. The smallest absolute Gasteiger partial charge is 0.434 e. The van der Waals surface area contributed by atoms with E-state index >= 15 is 0 Å². The van der Waals surface area contributed by atoms with Crippen LogP contribution in [0, 0.1) is 0 Å². The van der Waals surface area contributed by atoms with Gasteiger partial charge in [0.05, 0.1) is 6.61 Å². The lowest BCUT2D eigenvalue weighted by atomic mass is 10.0. The van der Waals surface area contributed by atoms with Crippen LogP contribution in [-0.4, -0.2) is 12.8 Å². The SMILES string of the molecule is CCCCCCCCCCCCCOC(=O)Oc1ccc(C(C)C)cc1. The van der Waals surface area contributed by atoms with Gasteiger partial charge in [0.1, 0.15) is 5.75 Å². The van der Waals surface area contributed by atoms with Gasteiger partial charge in [-0.25, -0.2) is 4.79 Å². The van der Waals surface area contributed by atoms with Crippen LogP contribution in [0.15, 0.2) is 24.3 Å². The predicted octanol–water partition coefficient (Wildman–Crippen LogP) is 7.64. The molecule has 0 heterocycles. The fraction of sp³-hybridized carbons (Fsp3) is 0.696. The van der Waals surface area contributed by atoms with Crippen molar-refractivity contribution in [3.05, 3.63) is 29.8 Å². The van der Waals surface area contributed by atoms with Gasteiger partial charge in [0.2, 0.25) is 0 Å². The summed E-state index contributed by atoms with van der Waals surface area (Å²) in [7, 11) is 0. The molecule has 0 aliphatic rings. The van der Waals surface area contributed by atoms with E-state index in [2.05, 4.69) is 20.8 Å². The maximum Gasteiger partial charge on any atom is 0.513 e. The van der Waals surface area contributed by atoms with Crippen LogP contribution in [-0.2, 0) is 4.74 Å². The van der Waals surface area contributed by atoms with Crippen molar-refractivity contribution in [1.82, 2.24) is 0 Å². The second kappa shape index (κ2) is 14.6. The van der Waals surface area contributed by atoms with Crippen molar-refractivity contribution in [2.75, 3.05) is 6.61 Å². The molecule has 0 bridgehead atoms. The van der Waals surface area contributed by atoms with E-state index in [1.807, 2.05) is 24.3 Å². The van der Waals surface area contributed by atoms with Crippen molar-refractivity contribution < 1.29 is 14.3 Å². The van der Waals surface area contributed by atoms with Gasteiger partial charge in [-0.1, -0.05) is 97.1 Å². The highest BCUT2D eigenvalue weighted by Crippen LogP contribution is 2.19. The van der Waals surface area contributed by atoms with Gasteiger partial charge in [-0.15, -0.1) is 0 Å². The number of rotatable bonds is 14. The minimum absolute atomic E-state index is 0.444. The lowest BCUT2D eigenvalue weighted by Crippen LogP contribution is -2.11. The van der Waals surface area contributed by atoms with E-state index < -0.39 is 6.16 Å². The number of carbonyl (C=O) groups excluding carboxylic acids is 1. The second-order valence-corrected chi connectivity index (χ2v) is 7.46. The van der Waals surface area contributed by atoms with E-state index in [1.54, 1.807) is 0 Å². The Kier molecular flexibility index (Phi) is 12.7. The molecule has 0 amide bonds. The van der Waals surface area contributed by atoms with Crippen LogP contribution < -0.4 is 4.74 Å². The van der Waals surface area contributed by atoms with Crippen molar-refractivity contribution in [2.24, 2.45) is 0 Å². The van der Waals surface area contributed by atoms with E-state index in [0.717, 1.165) is 12.8 Å². The molecule has 0 saturated carbocycles. The molecule has 1 rings (SSSR count). The average Bonchev–Trinajstić information content (AvgIpc) is 2.63. The number of ether oxygens (including phenoxy) is 2. The average molecular weight is 363 g/mol. The first-order chi connectivity index (χ1) is 12.6. The standard InChI is InChI=1S/C23H38O3/c1-4-5-6-7-8-9-10-11-12-13-14-19-25-23(24)26-22-17-15-21(16-18-22)20(2)3/h15-18,20H,4-14,19H2,1-3H3. The number of benzene rings is 1. The molecule has 0 aliphatic carbocycles. The zero-order chi connectivity index (χ0) is 19.0. The lowest BCUT2D eigenvalue weighted by Gasteiger charge is -2.08. The molecule has 148 valence electrons. The van der Waals surface area contributed by atoms with Gasteiger partial charge in [-0.3, -0.25) is 0 Å². The zero-order valence-electron chi connectivity index (χ0n) is 17.1. The molecule has 0 unspecified atom stereocenters. The lowest BCUT2D eigenvalue weighted by molar-refractivity contribution is 0.0973. The Morgan fingerprint density at radius 2 is 1.31 bits per heavy atom. The summed E-state index contributed by atoms with van der Waals surface area (Å²) in [5, 5.41) is 0. The van der Waals surface area contributed by atoms with Gasteiger partial charge in [-0.05, 0) is 30.0 Å². The van der Waals surface area contributed by atoms with Crippen LogP contribution in [0.3, 0.4) is 0 Å². The van der Waals surface area contributed by atoms with Gasteiger partial charge in [0.15, 0.2) is 0 Å². The van der Waals surface area contributed by atoms with E-state index in [1.165, 1.54) is 63.4 Å². The second-order valence-electron chi connectivity index (χ2n) is 7.46. The Labute approximate surface area is 160 Å². The van der Waals surface area contributed by atoms with E-state index in [0.29, 0.717) is 18.3 Å². The first-order valence-electron chi connectivity index (χ1n) is 10.6. The molecule has 1 aromatic carbocycles. The zero-order valence-corrected chi connectivity index (χ0v) is 17.1. The molecule has 0 N–H and O–H groups in total. The summed E-state index contributed by atoms with van der Waals surface area (Å²) in [6.45, 7) is 6.98. The number of unbranched alkanes of at least 4 members (excludes halogenated alkanes) is 10. The van der Waals surface area contributed by atoms with E-state index in [4.69, 9.17) is 9.47 Å². The third kappa shape index (κ3) is 11.2. The molecule has 1 aromatic rings. The van der Waals surface area contributed by atoms with Crippen molar-refractivity contribution >= 4 is 6.16 Å². The molecule has 0 aromatic heterocycles. The quantitative estimate of drug-likeness (QED) is 0.194. The normalized spacial score (nSPS) is 10.9. The number of carbonyl (C=O) groups is 1. The van der Waals surface area contributed by atoms with Crippen LogP contribution in [0.2, 0.25) is 0 Å². The van der Waals surface area contributed by atoms with Crippen LogP contribution >= 0.6 is 0 Å². The summed E-state index contributed by atoms with van der Waals surface area (Å²) in [5.41, 5.74) is 1.23. The van der Waals surface area contributed by atoms with Crippen molar-refractivity contribution in [2.45, 2.75) is 97.3 Å². The summed E-state index contributed by atoms with van der Waals surface area (Å²) < 4.78 is 10.3. The Hall–Kier alpha value is -1.51. The fourth-order valence-corrected chi connectivity index (χ4v) is 2.97. The third-order valence-electron chi connectivity index (χ3n) is 4.72. The maximum absolute atomic E-state index is 11.7. The largest absolute Gasteiger partial charge is 0.513 e. The van der Waals surface area contributed by atoms with Crippen LogP contribution in [0.5, 0.6) is 5.75 Å². The van der Waals surface area contributed by atoms with Gasteiger partial charge in [0, 0.05) is 0 Å². The van der Waals surface area contributed by atoms with Crippen LogP contribution in [0.4, 0.5) is 4.79 Å². The molecule has 3 heteroatoms. The summed E-state index contributed by atoms with van der Waals surface area (Å²) in [5.74, 6) is 1.01. The molecule has 0 atom stereocenters. The molecule has 0 aliphatic heterocycles. The van der Waals surface area contributed by atoms with Gasteiger partial charge < -0.3 is 9.47 Å². The highest BCUT2D eigenvalue weighted by atomic mass is 16.7. The molecule has 3 nitrogen and oxygen atoms in total. The van der Waals surface area contributed by atoms with Crippen molar-refractivity contribution in [1.29, 1.82) is 0 Å². The van der Waals surface area contributed by atoms with Crippen molar-refractivity contribution in [3.63, 3.8) is 0 Å². The molecule has 0 saturated heterocycles. The summed E-state index contributed by atoms with van der Waals surface area (Å²) in [6.07, 6.45) is 13.5. The fourth-order valence-electron chi connectivity index (χ4n) is 2.97. The van der Waals surface area contributed by atoms with Crippen LogP contribution in [0.1, 0.15) is 103 Å². The Morgan fingerprint density at radius 1 is 0.808 bits per heavy atom. The van der Waals surface area contributed by atoms with Crippen molar-refractivity contribution in [3.8, 4) is 5.75 Å². The van der Waals surface area contributed by atoms with E-state index in [9.17, 15) is 4.79 Å². The maximum atomic E-state index is 11.7. The monoisotopic (exact) mass is 362 g/mol. The molecule has 0 spiro atoms. The summed E-state index contributed by atoms with van der Waals surface area (Å²) in [4.78, 5) is 11.7. The minimum Gasteiger partial charge on any atom is -0.434 e. The summed E-state index contributed by atoms with van der Waals surface area (Å²) in [6, 6.07) is 7.60. The van der Waals surface area contributed by atoms with Gasteiger partial charge in [-0.2, -0.15) is 0 Å². The molecule has 26 heavy (non-hydrogen) atoms. The Morgan fingerprint density at radius 3 is 1.81 bits per heavy atom.